The summed E-state index contributed by atoms with van der Waals surface area (Å²) in [4.78, 5) is 21.8. The van der Waals surface area contributed by atoms with Crippen LogP contribution in [0.2, 0.25) is 0 Å². The van der Waals surface area contributed by atoms with Crippen LogP contribution < -0.4 is 15.1 Å². The van der Waals surface area contributed by atoms with Crippen LogP contribution in [0.5, 0.6) is 0 Å². The number of fused-ring (bicyclic) bond motifs is 1. The average Bonchev–Trinajstić information content (AvgIpc) is 2.30. The molecular formula is C10H7O4PV. The van der Waals surface area contributed by atoms with Gasteiger partial charge in [-0.1, -0.05) is 42.5 Å². The number of hydrogen-bond donors (Lipinski definition) is 0. The summed E-state index contributed by atoms with van der Waals surface area (Å²) in [6.07, 6.45) is 0. The van der Waals surface area contributed by atoms with E-state index in [0.717, 1.165) is 22.8 Å². The Hall–Kier alpha value is -0.766. The SMILES string of the molecule is O=P([O-])([O-])c1cccc2ccccc12.[O]=[V+2]. The van der Waals surface area contributed by atoms with Crippen LogP contribution in [0.4, 0.5) is 0 Å². The number of rotatable bonds is 1. The minimum absolute atomic E-state index is 0.129. The Morgan fingerprint density at radius 1 is 0.938 bits per heavy atom. The zero-order valence-corrected chi connectivity index (χ0v) is 10.4. The van der Waals surface area contributed by atoms with E-state index in [0.29, 0.717) is 5.39 Å². The Labute approximate surface area is 102 Å². The van der Waals surface area contributed by atoms with Gasteiger partial charge in [0.05, 0.1) is 0 Å². The molecule has 0 atom stereocenters. The molecule has 0 aliphatic rings. The van der Waals surface area contributed by atoms with Crippen molar-refractivity contribution in [3.8, 4) is 0 Å². The summed E-state index contributed by atoms with van der Waals surface area (Å²) in [6, 6.07) is 11.6. The van der Waals surface area contributed by atoms with Crippen molar-refractivity contribution < 1.29 is 35.4 Å². The first-order valence-corrected chi connectivity index (χ1v) is 6.39. The standard InChI is InChI=1S/C10H9O3P.O.V/c11-14(12,13)10-7-3-5-8-4-1-2-6-9(8)10;;/h1-7H,(H2,11,12,13);;/q;;+2/p-2. The van der Waals surface area contributed by atoms with Crippen molar-refractivity contribution in [3.05, 3.63) is 42.5 Å². The van der Waals surface area contributed by atoms with Gasteiger partial charge in [0, 0.05) is 0 Å². The van der Waals surface area contributed by atoms with E-state index in [1.54, 1.807) is 36.4 Å². The van der Waals surface area contributed by atoms with Crippen LogP contribution in [0.25, 0.3) is 10.8 Å². The molecule has 0 N–H and O–H groups in total. The molecule has 0 aliphatic heterocycles. The fourth-order valence-electron chi connectivity index (χ4n) is 1.45. The fraction of sp³-hybridized carbons (Fsp3) is 0. The first-order valence-electron chi connectivity index (χ1n) is 4.28. The van der Waals surface area contributed by atoms with E-state index in [4.69, 9.17) is 3.67 Å². The predicted octanol–water partition coefficient (Wildman–Crippen LogP) is 0.257. The first-order chi connectivity index (χ1) is 7.59. The molecule has 4 nitrogen and oxygen atoms in total. The molecule has 0 unspecified atom stereocenters. The number of benzene rings is 2. The van der Waals surface area contributed by atoms with Crippen LogP contribution in [0.3, 0.4) is 0 Å². The van der Waals surface area contributed by atoms with Crippen molar-refractivity contribution >= 4 is 23.7 Å². The van der Waals surface area contributed by atoms with Gasteiger partial charge in [0.2, 0.25) is 0 Å². The summed E-state index contributed by atoms with van der Waals surface area (Å²) in [7, 11) is -4.66. The molecule has 16 heavy (non-hydrogen) atoms. The van der Waals surface area contributed by atoms with E-state index in [1.165, 1.54) is 6.07 Å². The Balaban J connectivity index is 0.000000606. The summed E-state index contributed by atoms with van der Waals surface area (Å²) in [6.45, 7) is 0. The Bertz CT molecular complexity index is 532. The van der Waals surface area contributed by atoms with Gasteiger partial charge in [-0.2, -0.15) is 0 Å². The van der Waals surface area contributed by atoms with E-state index < -0.39 is 7.60 Å². The van der Waals surface area contributed by atoms with Gasteiger partial charge < -0.3 is 14.4 Å². The van der Waals surface area contributed by atoms with Gasteiger partial charge in [0.25, 0.3) is 0 Å². The molecule has 0 spiro atoms. The monoisotopic (exact) mass is 273 g/mol. The van der Waals surface area contributed by atoms with Gasteiger partial charge in [-0.25, -0.2) is 0 Å². The quantitative estimate of drug-likeness (QED) is 0.698. The van der Waals surface area contributed by atoms with Crippen molar-refractivity contribution in [3.63, 3.8) is 0 Å². The molecular weight excluding hydrogens is 266 g/mol. The average molecular weight is 273 g/mol. The maximum absolute atomic E-state index is 10.9. The summed E-state index contributed by atoms with van der Waals surface area (Å²) in [5.41, 5.74) is 0. The van der Waals surface area contributed by atoms with Gasteiger partial charge in [-0.05, 0) is 23.7 Å². The zero-order valence-electron chi connectivity index (χ0n) is 8.07. The van der Waals surface area contributed by atoms with Crippen LogP contribution in [0.15, 0.2) is 42.5 Å². The topological polar surface area (TPSA) is 80.3 Å². The molecule has 0 heterocycles. The van der Waals surface area contributed by atoms with Crippen molar-refractivity contribution in [2.75, 3.05) is 0 Å². The van der Waals surface area contributed by atoms with Crippen LogP contribution in [0.1, 0.15) is 0 Å². The molecule has 2 aromatic rings. The summed E-state index contributed by atoms with van der Waals surface area (Å²) in [5.74, 6) is 0. The second kappa shape index (κ2) is 5.53. The molecule has 81 valence electrons. The van der Waals surface area contributed by atoms with Crippen molar-refractivity contribution in [2.24, 2.45) is 0 Å². The van der Waals surface area contributed by atoms with Crippen LogP contribution >= 0.6 is 7.60 Å². The van der Waals surface area contributed by atoms with Gasteiger partial charge in [0.1, 0.15) is 0 Å². The molecule has 2 rings (SSSR count). The molecule has 0 bridgehead atoms. The Kier molecular flexibility index (Phi) is 4.60. The van der Waals surface area contributed by atoms with Crippen molar-refractivity contribution in [1.82, 2.24) is 0 Å². The van der Waals surface area contributed by atoms with Gasteiger partial charge in [-0.15, -0.1) is 0 Å². The van der Waals surface area contributed by atoms with E-state index in [9.17, 15) is 14.4 Å². The summed E-state index contributed by atoms with van der Waals surface area (Å²) >= 11 is 1.06. The van der Waals surface area contributed by atoms with Gasteiger partial charge >= 0.3 is 21.0 Å². The van der Waals surface area contributed by atoms with Crippen LogP contribution in [-0.4, -0.2) is 0 Å². The molecule has 0 radical (unpaired) electrons. The maximum atomic E-state index is 10.9. The van der Waals surface area contributed by atoms with E-state index in [1.807, 2.05) is 0 Å². The minimum atomic E-state index is -4.66. The van der Waals surface area contributed by atoms with Gasteiger partial charge in [0.15, 0.2) is 0 Å². The number of hydrogen-bond acceptors (Lipinski definition) is 4. The third-order valence-corrected chi connectivity index (χ3v) is 3.04. The normalized spacial score (nSPS) is 10.8. The predicted molar refractivity (Wildman–Crippen MR) is 51.9 cm³/mol. The molecule has 6 heteroatoms. The molecule has 0 aliphatic carbocycles. The molecule has 0 saturated heterocycles. The van der Waals surface area contributed by atoms with Crippen LogP contribution in [-0.2, 0) is 25.6 Å². The molecule has 0 amide bonds. The Morgan fingerprint density at radius 3 is 2.12 bits per heavy atom. The fourth-order valence-corrected chi connectivity index (χ4v) is 2.21. The van der Waals surface area contributed by atoms with Crippen molar-refractivity contribution in [1.29, 1.82) is 0 Å². The van der Waals surface area contributed by atoms with Gasteiger partial charge in [-0.3, -0.25) is 0 Å². The van der Waals surface area contributed by atoms with E-state index >= 15 is 0 Å². The van der Waals surface area contributed by atoms with E-state index in [2.05, 4.69) is 0 Å². The van der Waals surface area contributed by atoms with Crippen LogP contribution in [0, 0.1) is 0 Å². The molecule has 2 aromatic carbocycles. The van der Waals surface area contributed by atoms with E-state index in [-0.39, 0.29) is 5.30 Å². The molecule has 0 fully saturated rings. The third-order valence-electron chi connectivity index (χ3n) is 2.06. The third kappa shape index (κ3) is 2.88. The first kappa shape index (κ1) is 13.3. The summed E-state index contributed by atoms with van der Waals surface area (Å²) in [5, 5.41) is 1.12. The summed E-state index contributed by atoms with van der Waals surface area (Å²) < 4.78 is 19.1. The molecule has 0 saturated carbocycles. The second-order valence-corrected chi connectivity index (χ2v) is 4.47. The Morgan fingerprint density at radius 2 is 1.50 bits per heavy atom. The second-order valence-electron chi connectivity index (χ2n) is 3.00. The zero-order chi connectivity index (χ0) is 12.2. The molecule has 0 aromatic heterocycles. The van der Waals surface area contributed by atoms with Crippen molar-refractivity contribution in [2.45, 2.75) is 0 Å².